The maximum atomic E-state index is 13.5. The third kappa shape index (κ3) is 7.34. The van der Waals surface area contributed by atoms with E-state index in [1.807, 2.05) is 18.2 Å². The van der Waals surface area contributed by atoms with Gasteiger partial charge in [0.2, 0.25) is 0 Å². The summed E-state index contributed by atoms with van der Waals surface area (Å²) in [6.07, 6.45) is 12.3. The van der Waals surface area contributed by atoms with Crippen molar-refractivity contribution in [3.05, 3.63) is 59.7 Å². The third-order valence-corrected chi connectivity index (χ3v) is 7.26. The first-order valence-electron chi connectivity index (χ1n) is 13.5. The molecule has 36 heavy (non-hydrogen) atoms. The molecular formula is C31H38N2O3. The van der Waals surface area contributed by atoms with Gasteiger partial charge in [0.05, 0.1) is 11.6 Å². The minimum absolute atomic E-state index is 0.0222. The molecule has 0 aliphatic heterocycles. The highest BCUT2D eigenvalue weighted by molar-refractivity contribution is 5.93. The Kier molecular flexibility index (Phi) is 10.8. The Labute approximate surface area is 216 Å². The fraction of sp³-hybridized carbons (Fsp3) is 0.516. The van der Waals surface area contributed by atoms with Crippen molar-refractivity contribution in [3.8, 4) is 23.6 Å². The maximum Gasteiger partial charge on any atom is 0.343 e. The second-order valence-electron chi connectivity index (χ2n) is 9.82. The molecule has 0 saturated heterocycles. The second-order valence-corrected chi connectivity index (χ2v) is 9.82. The SMILES string of the molecule is CCCCCC1(c2ccccc2C(=O)Oc2ccccc2OC(C#N)CCCCC#N)CCCCC1. The van der Waals surface area contributed by atoms with E-state index < -0.39 is 6.10 Å². The summed E-state index contributed by atoms with van der Waals surface area (Å²) >= 11 is 0. The zero-order chi connectivity index (χ0) is 25.6. The van der Waals surface area contributed by atoms with Gasteiger partial charge in [0, 0.05) is 6.42 Å². The van der Waals surface area contributed by atoms with Crippen molar-refractivity contribution in [2.24, 2.45) is 0 Å². The summed E-state index contributed by atoms with van der Waals surface area (Å²) in [7, 11) is 0. The lowest BCUT2D eigenvalue weighted by molar-refractivity contribution is 0.0721. The molecule has 5 heteroatoms. The Balaban J connectivity index is 1.80. The van der Waals surface area contributed by atoms with Crippen LogP contribution in [0.5, 0.6) is 11.5 Å². The van der Waals surface area contributed by atoms with Crippen molar-refractivity contribution in [2.75, 3.05) is 0 Å². The third-order valence-electron chi connectivity index (χ3n) is 7.26. The van der Waals surface area contributed by atoms with Gasteiger partial charge in [-0.25, -0.2) is 4.79 Å². The summed E-state index contributed by atoms with van der Waals surface area (Å²) in [5.74, 6) is 0.313. The van der Waals surface area contributed by atoms with E-state index in [-0.39, 0.29) is 11.4 Å². The highest BCUT2D eigenvalue weighted by Crippen LogP contribution is 2.45. The monoisotopic (exact) mass is 486 g/mol. The molecule has 0 heterocycles. The minimum Gasteiger partial charge on any atom is -0.472 e. The van der Waals surface area contributed by atoms with Gasteiger partial charge in [-0.15, -0.1) is 0 Å². The Morgan fingerprint density at radius 1 is 0.944 bits per heavy atom. The lowest BCUT2D eigenvalue weighted by Crippen LogP contribution is -2.31. The van der Waals surface area contributed by atoms with E-state index in [0.717, 1.165) is 37.7 Å². The van der Waals surface area contributed by atoms with E-state index in [9.17, 15) is 10.1 Å². The molecule has 0 radical (unpaired) electrons. The number of benzene rings is 2. The first kappa shape index (κ1) is 27.3. The summed E-state index contributed by atoms with van der Waals surface area (Å²) in [5.41, 5.74) is 1.75. The van der Waals surface area contributed by atoms with Gasteiger partial charge in [-0.1, -0.05) is 75.8 Å². The lowest BCUT2D eigenvalue weighted by Gasteiger charge is -2.39. The van der Waals surface area contributed by atoms with E-state index >= 15 is 0 Å². The Morgan fingerprint density at radius 2 is 1.67 bits per heavy atom. The predicted octanol–water partition coefficient (Wildman–Crippen LogP) is 8.04. The van der Waals surface area contributed by atoms with Gasteiger partial charge in [0.15, 0.2) is 17.6 Å². The Hall–Kier alpha value is -3.31. The van der Waals surface area contributed by atoms with Crippen LogP contribution in [0.25, 0.3) is 0 Å². The molecule has 0 bridgehead atoms. The molecule has 0 spiro atoms. The first-order chi connectivity index (χ1) is 17.6. The molecule has 0 aromatic heterocycles. The maximum absolute atomic E-state index is 13.5. The van der Waals surface area contributed by atoms with Crippen LogP contribution < -0.4 is 9.47 Å². The van der Waals surface area contributed by atoms with Crippen LogP contribution in [0.1, 0.15) is 106 Å². The van der Waals surface area contributed by atoms with Crippen molar-refractivity contribution in [1.29, 1.82) is 10.5 Å². The van der Waals surface area contributed by atoms with Crippen molar-refractivity contribution in [3.63, 3.8) is 0 Å². The Morgan fingerprint density at radius 3 is 2.39 bits per heavy atom. The quantitative estimate of drug-likeness (QED) is 0.162. The van der Waals surface area contributed by atoms with Gasteiger partial charge in [-0.05, 0) is 67.7 Å². The fourth-order valence-electron chi connectivity index (χ4n) is 5.34. The standard InChI is InChI=1S/C31H38N2O3/c1-2-3-11-20-31(21-12-5-13-22-31)27-17-8-7-16-26(27)30(34)36-29-19-10-9-18-28(29)35-25(24-33)15-6-4-14-23-32/h7-10,16-19,25H,2-6,11-15,20-22H2,1H3. The molecular weight excluding hydrogens is 448 g/mol. The molecule has 3 rings (SSSR count). The molecule has 0 amide bonds. The van der Waals surface area contributed by atoms with E-state index in [2.05, 4.69) is 25.1 Å². The smallest absolute Gasteiger partial charge is 0.343 e. The summed E-state index contributed by atoms with van der Waals surface area (Å²) in [5, 5.41) is 18.3. The summed E-state index contributed by atoms with van der Waals surface area (Å²) in [6, 6.07) is 19.2. The van der Waals surface area contributed by atoms with Crippen LogP contribution in [-0.4, -0.2) is 12.1 Å². The number of unbranched alkanes of at least 4 members (excludes halogenated alkanes) is 4. The minimum atomic E-state index is -0.667. The number of nitriles is 2. The molecule has 2 aromatic carbocycles. The number of para-hydroxylation sites is 2. The molecule has 1 aliphatic rings. The van der Waals surface area contributed by atoms with Crippen molar-refractivity contribution in [1.82, 2.24) is 0 Å². The molecule has 1 aliphatic carbocycles. The number of ether oxygens (including phenoxy) is 2. The van der Waals surface area contributed by atoms with Crippen molar-refractivity contribution >= 4 is 5.97 Å². The topological polar surface area (TPSA) is 83.1 Å². The van der Waals surface area contributed by atoms with Crippen LogP contribution in [0, 0.1) is 22.7 Å². The van der Waals surface area contributed by atoms with Gasteiger partial charge in [0.1, 0.15) is 6.07 Å². The molecule has 1 fully saturated rings. The molecule has 1 atom stereocenters. The molecule has 0 N–H and O–H groups in total. The highest BCUT2D eigenvalue weighted by atomic mass is 16.6. The van der Waals surface area contributed by atoms with Gasteiger partial charge < -0.3 is 9.47 Å². The van der Waals surface area contributed by atoms with Gasteiger partial charge in [0.25, 0.3) is 0 Å². The van der Waals surface area contributed by atoms with Gasteiger partial charge >= 0.3 is 5.97 Å². The van der Waals surface area contributed by atoms with Crippen LogP contribution in [0.2, 0.25) is 0 Å². The molecule has 5 nitrogen and oxygen atoms in total. The highest BCUT2D eigenvalue weighted by Gasteiger charge is 2.36. The number of hydrogen-bond acceptors (Lipinski definition) is 5. The number of rotatable bonds is 13. The molecule has 1 saturated carbocycles. The number of carbonyl (C=O) groups excluding carboxylic acids is 1. The van der Waals surface area contributed by atoms with E-state index in [0.29, 0.717) is 29.9 Å². The average molecular weight is 487 g/mol. The predicted molar refractivity (Wildman–Crippen MR) is 141 cm³/mol. The molecule has 1 unspecified atom stereocenters. The normalized spacial score (nSPS) is 15.3. The summed E-state index contributed by atoms with van der Waals surface area (Å²) in [6.45, 7) is 2.22. The van der Waals surface area contributed by atoms with Crippen molar-refractivity contribution < 1.29 is 14.3 Å². The summed E-state index contributed by atoms with van der Waals surface area (Å²) < 4.78 is 11.8. The number of nitrogens with zero attached hydrogens (tertiary/aromatic N) is 2. The molecule has 190 valence electrons. The van der Waals surface area contributed by atoms with E-state index in [1.54, 1.807) is 24.3 Å². The first-order valence-corrected chi connectivity index (χ1v) is 13.5. The largest absolute Gasteiger partial charge is 0.472 e. The lowest BCUT2D eigenvalue weighted by atomic mass is 9.65. The van der Waals surface area contributed by atoms with Crippen LogP contribution in [0.4, 0.5) is 0 Å². The number of esters is 1. The fourth-order valence-corrected chi connectivity index (χ4v) is 5.34. The number of hydrogen-bond donors (Lipinski definition) is 0. The van der Waals surface area contributed by atoms with E-state index in [4.69, 9.17) is 14.7 Å². The zero-order valence-electron chi connectivity index (χ0n) is 21.5. The zero-order valence-corrected chi connectivity index (χ0v) is 21.5. The van der Waals surface area contributed by atoms with Crippen LogP contribution in [-0.2, 0) is 5.41 Å². The van der Waals surface area contributed by atoms with E-state index in [1.165, 1.54) is 38.5 Å². The number of carbonyl (C=O) groups is 1. The van der Waals surface area contributed by atoms with Crippen molar-refractivity contribution in [2.45, 2.75) is 102 Å². The van der Waals surface area contributed by atoms with Crippen LogP contribution in [0.15, 0.2) is 48.5 Å². The second kappa shape index (κ2) is 14.3. The van der Waals surface area contributed by atoms with Gasteiger partial charge in [-0.3, -0.25) is 0 Å². The summed E-state index contributed by atoms with van der Waals surface area (Å²) in [4.78, 5) is 13.5. The van der Waals surface area contributed by atoms with Crippen LogP contribution >= 0.6 is 0 Å². The molecule has 2 aromatic rings. The van der Waals surface area contributed by atoms with Crippen LogP contribution in [0.3, 0.4) is 0 Å². The average Bonchev–Trinajstić information content (AvgIpc) is 2.92. The Bertz CT molecular complexity index is 1060. The van der Waals surface area contributed by atoms with Gasteiger partial charge in [-0.2, -0.15) is 10.5 Å².